The predicted octanol–water partition coefficient (Wildman–Crippen LogP) is 9.50. The lowest BCUT2D eigenvalue weighted by molar-refractivity contribution is -0.312. The third-order valence-electron chi connectivity index (χ3n) is 22.4. The largest absolute Gasteiger partial charge is 0.486 e. The number of rotatable bonds is 12. The van der Waals surface area contributed by atoms with Gasteiger partial charge in [0.05, 0.1) is 11.2 Å². The van der Waals surface area contributed by atoms with Crippen LogP contribution in [-0.4, -0.2) is 96.3 Å². The average molecular weight is 894 g/mol. The topological polar surface area (TPSA) is 99.1 Å². The summed E-state index contributed by atoms with van der Waals surface area (Å²) in [7, 11) is 3.73. The molecule has 12 aliphatic rings. The zero-order valence-corrected chi connectivity index (χ0v) is 41.6. The monoisotopic (exact) mass is 894 g/mol. The first kappa shape index (κ1) is 43.7. The van der Waals surface area contributed by atoms with E-state index in [1.165, 1.54) is 41.6 Å². The number of aryl methyl sites for hydroxylation is 1. The molecule has 3 spiro atoms. The molecule has 0 radical (unpaired) electrons. The number of benzene rings is 2. The fourth-order valence-electron chi connectivity index (χ4n) is 18.0. The summed E-state index contributed by atoms with van der Waals surface area (Å²) in [5.41, 5.74) is 1.28. The molecule has 9 aliphatic carbocycles. The van der Waals surface area contributed by atoms with E-state index in [9.17, 15) is 10.2 Å². The molecule has 1 saturated heterocycles. The van der Waals surface area contributed by atoms with Gasteiger partial charge in [0, 0.05) is 66.0 Å². The van der Waals surface area contributed by atoms with Crippen LogP contribution >= 0.6 is 0 Å². The molecule has 3 aliphatic heterocycles. The SMILES string of the molecule is CC[C@]12c3c4ccc(OCCOc5ccc6c7c5O[C@@H]5[C@]8(OC)CC[C@@]9(C[C@@H]8C(C)(O)C(C)(C)C)[C@@H](C6)N(CC6CC6)CC[C@]759)c3O[C@@H]1[C@]1(OC)CCC2(CC4)CC1[C@](C)(O)C(C)(C)C. The maximum absolute atomic E-state index is 12.7. The minimum absolute atomic E-state index is 0.0187. The number of likely N-dealkylation sites (tertiary alicyclic amines) is 1. The molecule has 3 heterocycles. The first-order valence-corrected chi connectivity index (χ1v) is 25.9. The quantitative estimate of drug-likeness (QED) is 0.202. The van der Waals surface area contributed by atoms with E-state index < -0.39 is 22.4 Å². The van der Waals surface area contributed by atoms with Crippen molar-refractivity contribution < 1.29 is 38.6 Å². The molecule has 9 heteroatoms. The fourth-order valence-corrected chi connectivity index (χ4v) is 18.0. The molecule has 0 amide bonds. The van der Waals surface area contributed by atoms with Crippen LogP contribution in [0.5, 0.6) is 23.0 Å². The molecule has 8 fully saturated rings. The van der Waals surface area contributed by atoms with Gasteiger partial charge in [-0.3, -0.25) is 4.90 Å². The van der Waals surface area contributed by atoms with Gasteiger partial charge in [-0.25, -0.2) is 0 Å². The second-order valence-electron chi connectivity index (χ2n) is 25.8. The first-order chi connectivity index (χ1) is 30.7. The first-order valence-electron chi connectivity index (χ1n) is 25.9. The van der Waals surface area contributed by atoms with E-state index >= 15 is 0 Å². The van der Waals surface area contributed by atoms with Crippen LogP contribution in [0, 0.1) is 39.4 Å². The van der Waals surface area contributed by atoms with Gasteiger partial charge in [0.15, 0.2) is 23.0 Å². The van der Waals surface area contributed by atoms with Crippen LogP contribution in [0.15, 0.2) is 24.3 Å². The Balaban J connectivity index is 0.859. The third-order valence-corrected chi connectivity index (χ3v) is 22.4. The van der Waals surface area contributed by atoms with Crippen LogP contribution in [0.1, 0.15) is 155 Å². The molecule has 2 aromatic rings. The Kier molecular flexibility index (Phi) is 9.01. The highest BCUT2D eigenvalue weighted by molar-refractivity contribution is 5.65. The van der Waals surface area contributed by atoms with Crippen molar-refractivity contribution in [1.29, 1.82) is 0 Å². The van der Waals surface area contributed by atoms with Crippen LogP contribution in [-0.2, 0) is 33.1 Å². The van der Waals surface area contributed by atoms with E-state index in [0.29, 0.717) is 19.3 Å². The van der Waals surface area contributed by atoms with Crippen molar-refractivity contribution in [2.75, 3.05) is 40.5 Å². The van der Waals surface area contributed by atoms with Gasteiger partial charge in [-0.2, -0.15) is 0 Å². The maximum Gasteiger partial charge on any atom is 0.165 e. The van der Waals surface area contributed by atoms with E-state index in [-0.39, 0.29) is 56.5 Å². The second-order valence-corrected chi connectivity index (χ2v) is 25.8. The molecule has 7 saturated carbocycles. The highest BCUT2D eigenvalue weighted by Crippen LogP contribution is 2.79. The highest BCUT2D eigenvalue weighted by Gasteiger charge is 2.83. The third kappa shape index (κ3) is 5.00. The number of aliphatic hydroxyl groups is 2. The van der Waals surface area contributed by atoms with Gasteiger partial charge < -0.3 is 38.6 Å². The predicted molar refractivity (Wildman–Crippen MR) is 250 cm³/mol. The van der Waals surface area contributed by atoms with Gasteiger partial charge >= 0.3 is 0 Å². The fraction of sp³-hybridized carbons (Fsp3) is 0.786. The van der Waals surface area contributed by atoms with Crippen LogP contribution in [0.4, 0.5) is 0 Å². The van der Waals surface area contributed by atoms with Gasteiger partial charge in [0.2, 0.25) is 0 Å². The summed E-state index contributed by atoms with van der Waals surface area (Å²) in [6, 6.07) is 9.33. The minimum atomic E-state index is -0.962. The molecule has 356 valence electrons. The van der Waals surface area contributed by atoms with Gasteiger partial charge in [-0.1, -0.05) is 60.6 Å². The summed E-state index contributed by atoms with van der Waals surface area (Å²) in [5.74, 6) is 4.03. The van der Waals surface area contributed by atoms with Gasteiger partial charge in [0.25, 0.3) is 0 Å². The van der Waals surface area contributed by atoms with Crippen molar-refractivity contribution in [3.05, 3.63) is 46.5 Å². The van der Waals surface area contributed by atoms with Crippen molar-refractivity contribution in [1.82, 2.24) is 4.90 Å². The molecular weight excluding hydrogens is 815 g/mol. The van der Waals surface area contributed by atoms with Crippen molar-refractivity contribution in [3.8, 4) is 23.0 Å². The van der Waals surface area contributed by atoms with Crippen LogP contribution in [0.2, 0.25) is 0 Å². The Hall–Kier alpha value is -2.56. The second kappa shape index (κ2) is 13.4. The van der Waals surface area contributed by atoms with E-state index in [2.05, 4.69) is 84.6 Å². The number of ether oxygens (including phenoxy) is 6. The molecule has 6 bridgehead atoms. The molecule has 3 unspecified atom stereocenters. The van der Waals surface area contributed by atoms with Crippen molar-refractivity contribution in [2.24, 2.45) is 39.4 Å². The van der Waals surface area contributed by atoms with Crippen LogP contribution in [0.3, 0.4) is 0 Å². The molecule has 13 atom stereocenters. The van der Waals surface area contributed by atoms with Gasteiger partial charge in [-0.05, 0) is 149 Å². The number of nitrogens with zero attached hydrogens (tertiary/aromatic N) is 1. The number of hydrogen-bond donors (Lipinski definition) is 2. The average Bonchev–Trinajstić information content (AvgIpc) is 3.90. The van der Waals surface area contributed by atoms with E-state index in [1.807, 2.05) is 21.1 Å². The van der Waals surface area contributed by atoms with Crippen LogP contribution in [0.25, 0.3) is 0 Å². The Morgan fingerprint density at radius 2 is 1.28 bits per heavy atom. The van der Waals surface area contributed by atoms with E-state index in [4.69, 9.17) is 28.4 Å². The lowest BCUT2D eigenvalue weighted by Gasteiger charge is -2.75. The summed E-state index contributed by atoms with van der Waals surface area (Å²) in [5, 5.41) is 25.2. The summed E-state index contributed by atoms with van der Waals surface area (Å²) >= 11 is 0. The summed E-state index contributed by atoms with van der Waals surface area (Å²) < 4.78 is 42.1. The Labute approximate surface area is 389 Å². The number of fused-ring (bicyclic) bond motifs is 4. The molecule has 9 nitrogen and oxygen atoms in total. The Morgan fingerprint density at radius 1 is 0.692 bits per heavy atom. The standard InChI is InChI=1S/C56H79NO8/c1-12-53-41-34-15-17-36(43(41)64-45(53)55(60-10)23-21-51(53,20-19-34)30-38(55)49(8,58)47(2,3)4)62-27-28-63-37-18-16-35-29-40-52-22-24-56(61-11,39(31-52)50(9,59)48(5,6)7)46-54(52,42(35)44(37)65-46)25-26-57(40)32-33-13-14-33/h15-18,33,38-40,45-46,58-59H,12-14,19-32H2,1-11H3/t38?,39-,40-,45+,46+,49+,50?,51?,52-,53+,54+,55+,56+/m1/s1. The van der Waals surface area contributed by atoms with Crippen LogP contribution < -0.4 is 18.9 Å². The van der Waals surface area contributed by atoms with Gasteiger partial charge in [-0.15, -0.1) is 0 Å². The summed E-state index contributed by atoms with van der Waals surface area (Å²) in [4.78, 5) is 2.87. The normalized spacial score (nSPS) is 42.1. The lowest BCUT2D eigenvalue weighted by Crippen LogP contribution is -2.83. The zero-order chi connectivity index (χ0) is 45.8. The number of methoxy groups -OCH3 is 2. The lowest BCUT2D eigenvalue weighted by atomic mass is 9.33. The minimum Gasteiger partial charge on any atom is -0.486 e. The Bertz CT molecular complexity index is 2310. The molecule has 2 N–H and O–H groups in total. The molecule has 14 rings (SSSR count). The summed E-state index contributed by atoms with van der Waals surface area (Å²) in [6.07, 6.45) is 13.3. The molecule has 0 aromatic heterocycles. The smallest absolute Gasteiger partial charge is 0.165 e. The van der Waals surface area contributed by atoms with Gasteiger partial charge in [0.1, 0.15) is 36.6 Å². The molecule has 65 heavy (non-hydrogen) atoms. The van der Waals surface area contributed by atoms with E-state index in [0.717, 1.165) is 106 Å². The van der Waals surface area contributed by atoms with E-state index in [1.54, 1.807) is 0 Å². The number of hydrogen-bond acceptors (Lipinski definition) is 9. The molecular formula is C56H79NO8. The van der Waals surface area contributed by atoms with Crippen molar-refractivity contribution in [3.63, 3.8) is 0 Å². The number of piperidine rings is 1. The zero-order valence-electron chi connectivity index (χ0n) is 41.6. The maximum atomic E-state index is 12.7. The highest BCUT2D eigenvalue weighted by atomic mass is 16.6. The summed E-state index contributed by atoms with van der Waals surface area (Å²) in [6.45, 7) is 22.5. The van der Waals surface area contributed by atoms with Crippen molar-refractivity contribution >= 4 is 0 Å². The Morgan fingerprint density at radius 3 is 1.89 bits per heavy atom. The van der Waals surface area contributed by atoms with Crippen molar-refractivity contribution in [2.45, 2.75) is 197 Å². The molecule has 2 aromatic carbocycles.